The third-order valence-electron chi connectivity index (χ3n) is 3.07. The fraction of sp³-hybridized carbons (Fsp3) is 0.143. The van der Waals surface area contributed by atoms with Gasteiger partial charge in [-0.2, -0.15) is 0 Å². The monoisotopic (exact) mass is 224 g/mol. The number of hydrogen-bond donors (Lipinski definition) is 1. The van der Waals surface area contributed by atoms with E-state index in [1.165, 1.54) is 5.56 Å². The van der Waals surface area contributed by atoms with Crippen LogP contribution in [0.15, 0.2) is 35.1 Å². The fourth-order valence-corrected chi connectivity index (χ4v) is 2.23. The third kappa shape index (κ3) is 1.43. The molecule has 0 bridgehead atoms. The molecule has 0 unspecified atom stereocenters. The van der Waals surface area contributed by atoms with E-state index in [4.69, 9.17) is 0 Å². The van der Waals surface area contributed by atoms with Crippen molar-refractivity contribution in [3.63, 3.8) is 0 Å². The SMILES string of the molecule is Cc1nc2c(ccc3c(C)cccc32)c(=O)[nH]1. The van der Waals surface area contributed by atoms with Crippen molar-refractivity contribution in [3.8, 4) is 0 Å². The lowest BCUT2D eigenvalue weighted by Gasteiger charge is -2.05. The summed E-state index contributed by atoms with van der Waals surface area (Å²) in [5, 5.41) is 2.84. The third-order valence-corrected chi connectivity index (χ3v) is 3.07. The van der Waals surface area contributed by atoms with Crippen LogP contribution in [0, 0.1) is 13.8 Å². The maximum absolute atomic E-state index is 11.8. The van der Waals surface area contributed by atoms with Crippen molar-refractivity contribution in [1.82, 2.24) is 9.97 Å². The number of rotatable bonds is 0. The van der Waals surface area contributed by atoms with E-state index in [0.29, 0.717) is 11.2 Å². The predicted molar refractivity (Wildman–Crippen MR) is 69.3 cm³/mol. The summed E-state index contributed by atoms with van der Waals surface area (Å²) in [7, 11) is 0. The maximum Gasteiger partial charge on any atom is 0.258 e. The van der Waals surface area contributed by atoms with Gasteiger partial charge in [0.15, 0.2) is 0 Å². The van der Waals surface area contributed by atoms with Crippen molar-refractivity contribution in [2.24, 2.45) is 0 Å². The number of benzene rings is 2. The number of aromatic nitrogens is 2. The minimum atomic E-state index is -0.0732. The summed E-state index contributed by atoms with van der Waals surface area (Å²) >= 11 is 0. The molecule has 84 valence electrons. The zero-order chi connectivity index (χ0) is 12.0. The molecule has 0 aliphatic carbocycles. The fourth-order valence-electron chi connectivity index (χ4n) is 2.23. The molecule has 1 N–H and O–H groups in total. The first-order valence-corrected chi connectivity index (χ1v) is 5.56. The minimum absolute atomic E-state index is 0.0732. The highest BCUT2D eigenvalue weighted by molar-refractivity contribution is 6.05. The molecular weight excluding hydrogens is 212 g/mol. The van der Waals surface area contributed by atoms with Gasteiger partial charge in [0, 0.05) is 5.39 Å². The molecule has 1 heterocycles. The Kier molecular flexibility index (Phi) is 2.01. The first kappa shape index (κ1) is 10.0. The minimum Gasteiger partial charge on any atom is -0.310 e. The molecule has 0 amide bonds. The summed E-state index contributed by atoms with van der Waals surface area (Å²) < 4.78 is 0. The summed E-state index contributed by atoms with van der Waals surface area (Å²) in [5.41, 5.74) is 1.91. The van der Waals surface area contributed by atoms with Crippen LogP contribution in [0.25, 0.3) is 21.7 Å². The van der Waals surface area contributed by atoms with Crippen LogP contribution in [0.2, 0.25) is 0 Å². The number of nitrogens with one attached hydrogen (secondary N) is 1. The molecule has 0 saturated heterocycles. The first-order valence-electron chi connectivity index (χ1n) is 5.56. The van der Waals surface area contributed by atoms with Gasteiger partial charge in [0.2, 0.25) is 0 Å². The molecule has 17 heavy (non-hydrogen) atoms. The summed E-state index contributed by atoms with van der Waals surface area (Å²) in [5.74, 6) is 0.650. The Morgan fingerprint density at radius 2 is 1.76 bits per heavy atom. The normalized spacial score (nSPS) is 11.2. The Balaban J connectivity index is 2.65. The van der Waals surface area contributed by atoms with Crippen molar-refractivity contribution >= 4 is 21.7 Å². The second-order valence-corrected chi connectivity index (χ2v) is 4.28. The molecule has 3 rings (SSSR count). The molecule has 0 aliphatic rings. The number of aryl methyl sites for hydroxylation is 2. The van der Waals surface area contributed by atoms with Gasteiger partial charge in [0.1, 0.15) is 5.82 Å². The molecule has 3 aromatic rings. The van der Waals surface area contributed by atoms with Gasteiger partial charge < -0.3 is 4.98 Å². The average Bonchev–Trinajstić information content (AvgIpc) is 2.29. The Hall–Kier alpha value is -2.16. The van der Waals surface area contributed by atoms with Crippen LogP contribution in [0.1, 0.15) is 11.4 Å². The van der Waals surface area contributed by atoms with Crippen LogP contribution in [0.4, 0.5) is 0 Å². The van der Waals surface area contributed by atoms with Crippen LogP contribution in [-0.4, -0.2) is 9.97 Å². The molecule has 0 radical (unpaired) electrons. The number of nitrogens with zero attached hydrogens (tertiary/aromatic N) is 1. The second kappa shape index (κ2) is 3.42. The molecule has 3 heteroatoms. The van der Waals surface area contributed by atoms with Crippen LogP contribution >= 0.6 is 0 Å². The van der Waals surface area contributed by atoms with E-state index < -0.39 is 0 Å². The van der Waals surface area contributed by atoms with Gasteiger partial charge in [0.05, 0.1) is 10.9 Å². The highest BCUT2D eigenvalue weighted by atomic mass is 16.1. The van der Waals surface area contributed by atoms with E-state index in [1.54, 1.807) is 6.92 Å². The van der Waals surface area contributed by atoms with Crippen LogP contribution in [-0.2, 0) is 0 Å². The van der Waals surface area contributed by atoms with Crippen molar-refractivity contribution in [3.05, 3.63) is 52.1 Å². The summed E-state index contributed by atoms with van der Waals surface area (Å²) in [6.45, 7) is 3.86. The molecule has 2 aromatic carbocycles. The van der Waals surface area contributed by atoms with E-state index in [9.17, 15) is 4.79 Å². The number of H-pyrrole nitrogens is 1. The van der Waals surface area contributed by atoms with Crippen LogP contribution in [0.5, 0.6) is 0 Å². The van der Waals surface area contributed by atoms with E-state index in [2.05, 4.69) is 23.0 Å². The highest BCUT2D eigenvalue weighted by Gasteiger charge is 2.06. The lowest BCUT2D eigenvalue weighted by Crippen LogP contribution is -2.09. The molecule has 0 fully saturated rings. The topological polar surface area (TPSA) is 45.8 Å². The van der Waals surface area contributed by atoms with E-state index >= 15 is 0 Å². The summed E-state index contributed by atoms with van der Waals surface area (Å²) in [6, 6.07) is 9.90. The first-order chi connectivity index (χ1) is 8.16. The molecule has 0 aliphatic heterocycles. The van der Waals surface area contributed by atoms with Gasteiger partial charge in [-0.15, -0.1) is 0 Å². The van der Waals surface area contributed by atoms with Crippen LogP contribution in [0.3, 0.4) is 0 Å². The molecule has 1 aromatic heterocycles. The quantitative estimate of drug-likeness (QED) is 0.597. The average molecular weight is 224 g/mol. The summed E-state index contributed by atoms with van der Waals surface area (Å²) in [4.78, 5) is 19.0. The van der Waals surface area contributed by atoms with Gasteiger partial charge in [-0.25, -0.2) is 4.98 Å². The lowest BCUT2D eigenvalue weighted by atomic mass is 10.0. The zero-order valence-electron chi connectivity index (χ0n) is 9.74. The molecule has 3 nitrogen and oxygen atoms in total. The molecular formula is C14H12N2O. The molecule has 0 atom stereocenters. The maximum atomic E-state index is 11.8. The van der Waals surface area contributed by atoms with Gasteiger partial charge in [0.25, 0.3) is 5.56 Å². The molecule has 0 spiro atoms. The Labute approximate surface area is 98.1 Å². The largest absolute Gasteiger partial charge is 0.310 e. The van der Waals surface area contributed by atoms with Crippen molar-refractivity contribution in [2.45, 2.75) is 13.8 Å². The van der Waals surface area contributed by atoms with Crippen LogP contribution < -0.4 is 5.56 Å². The van der Waals surface area contributed by atoms with Crippen molar-refractivity contribution in [2.75, 3.05) is 0 Å². The van der Waals surface area contributed by atoms with Crippen molar-refractivity contribution in [1.29, 1.82) is 0 Å². The van der Waals surface area contributed by atoms with Gasteiger partial charge >= 0.3 is 0 Å². The highest BCUT2D eigenvalue weighted by Crippen LogP contribution is 2.24. The van der Waals surface area contributed by atoms with E-state index in [-0.39, 0.29) is 5.56 Å². The van der Waals surface area contributed by atoms with E-state index in [1.807, 2.05) is 24.3 Å². The van der Waals surface area contributed by atoms with Gasteiger partial charge in [-0.05, 0) is 30.9 Å². The number of hydrogen-bond acceptors (Lipinski definition) is 2. The van der Waals surface area contributed by atoms with Gasteiger partial charge in [-0.1, -0.05) is 24.3 Å². The standard InChI is InChI=1S/C14H12N2O/c1-8-4-3-5-11-10(8)6-7-12-13(11)15-9(2)16-14(12)17/h3-7H,1-2H3,(H,15,16,17). The number of fused-ring (bicyclic) bond motifs is 3. The smallest absolute Gasteiger partial charge is 0.258 e. The second-order valence-electron chi connectivity index (χ2n) is 4.28. The Bertz CT molecular complexity index is 787. The Morgan fingerprint density at radius 1 is 1.00 bits per heavy atom. The van der Waals surface area contributed by atoms with E-state index in [0.717, 1.165) is 16.3 Å². The zero-order valence-corrected chi connectivity index (χ0v) is 9.74. The van der Waals surface area contributed by atoms with Gasteiger partial charge in [-0.3, -0.25) is 4.79 Å². The Morgan fingerprint density at radius 3 is 2.59 bits per heavy atom. The lowest BCUT2D eigenvalue weighted by molar-refractivity contribution is 1.06. The summed E-state index contributed by atoms with van der Waals surface area (Å²) in [6.07, 6.45) is 0. The van der Waals surface area contributed by atoms with Crippen molar-refractivity contribution < 1.29 is 0 Å². The number of aromatic amines is 1. The molecule has 0 saturated carbocycles. The predicted octanol–water partition coefficient (Wildman–Crippen LogP) is 2.69.